The quantitative estimate of drug-likeness (QED) is 0.827. The lowest BCUT2D eigenvalue weighted by molar-refractivity contribution is -0.141. The van der Waals surface area contributed by atoms with E-state index in [1.807, 2.05) is 0 Å². The number of piperidine rings is 2. The molecule has 2 saturated heterocycles. The van der Waals surface area contributed by atoms with Gasteiger partial charge in [0.05, 0.1) is 6.20 Å². The summed E-state index contributed by atoms with van der Waals surface area (Å²) >= 11 is 0. The molecule has 0 spiro atoms. The molecule has 1 aromatic heterocycles. The molecule has 24 heavy (non-hydrogen) atoms. The highest BCUT2D eigenvalue weighted by molar-refractivity contribution is 5.86. The number of nitrogens with one attached hydrogen (secondary N) is 1. The number of fused-ring (bicyclic) bond motifs is 1. The maximum absolute atomic E-state index is 12.2. The first-order chi connectivity index (χ1) is 11.6. The van der Waals surface area contributed by atoms with Crippen molar-refractivity contribution in [3.63, 3.8) is 0 Å². The number of aromatic amines is 1. The lowest BCUT2D eigenvalue weighted by Crippen LogP contribution is -2.56. The Morgan fingerprint density at radius 2 is 2.29 bits per heavy atom. The van der Waals surface area contributed by atoms with Crippen LogP contribution in [0.1, 0.15) is 55.1 Å². The van der Waals surface area contributed by atoms with Crippen molar-refractivity contribution in [3.8, 4) is 0 Å². The van der Waals surface area contributed by atoms with Gasteiger partial charge >= 0.3 is 5.97 Å². The zero-order valence-corrected chi connectivity index (χ0v) is 14.2. The van der Waals surface area contributed by atoms with E-state index in [2.05, 4.69) is 26.9 Å². The molecule has 0 saturated carbocycles. The van der Waals surface area contributed by atoms with Crippen LogP contribution in [-0.2, 0) is 11.3 Å². The molecule has 0 unspecified atom stereocenters. The fraction of sp³-hybridized carbons (Fsp3) is 0.706. The van der Waals surface area contributed by atoms with Gasteiger partial charge in [-0.2, -0.15) is 5.10 Å². The van der Waals surface area contributed by atoms with E-state index in [1.165, 1.54) is 0 Å². The molecule has 2 aliphatic rings. The van der Waals surface area contributed by atoms with Gasteiger partial charge < -0.3 is 10.0 Å². The molecule has 2 N–H and O–H groups in total. The average Bonchev–Trinajstić information content (AvgIpc) is 3.02. The van der Waals surface area contributed by atoms with Gasteiger partial charge in [0.1, 0.15) is 5.69 Å². The van der Waals surface area contributed by atoms with E-state index >= 15 is 0 Å². The number of H-pyrrole nitrogens is 1. The van der Waals surface area contributed by atoms with Crippen molar-refractivity contribution in [1.29, 1.82) is 0 Å². The summed E-state index contributed by atoms with van der Waals surface area (Å²) in [5, 5.41) is 15.6. The monoisotopic (exact) mass is 334 g/mol. The van der Waals surface area contributed by atoms with Crippen molar-refractivity contribution >= 4 is 11.9 Å². The maximum atomic E-state index is 12.2. The van der Waals surface area contributed by atoms with Gasteiger partial charge in [0.15, 0.2) is 0 Å². The van der Waals surface area contributed by atoms with E-state index in [-0.39, 0.29) is 5.69 Å². The van der Waals surface area contributed by atoms with Gasteiger partial charge in [-0.15, -0.1) is 0 Å². The molecule has 3 heterocycles. The normalized spacial score (nSPS) is 24.9. The molecule has 0 aliphatic carbocycles. The van der Waals surface area contributed by atoms with Crippen LogP contribution >= 0.6 is 0 Å². The Labute approximate surface area is 142 Å². The SMILES string of the molecule is CCCCN1C(=O)CC[C@H]2CN(Cc3cn[nH]c3C(=O)O)CC[C@H]21. The number of hydrogen-bond donors (Lipinski definition) is 2. The van der Waals surface area contributed by atoms with Gasteiger partial charge in [0.2, 0.25) is 5.91 Å². The van der Waals surface area contributed by atoms with Crippen LogP contribution in [0, 0.1) is 5.92 Å². The highest BCUT2D eigenvalue weighted by Crippen LogP contribution is 2.32. The summed E-state index contributed by atoms with van der Waals surface area (Å²) < 4.78 is 0. The molecular formula is C17H26N4O3. The molecule has 7 nitrogen and oxygen atoms in total. The number of carbonyl (C=O) groups is 2. The minimum Gasteiger partial charge on any atom is -0.477 e. The van der Waals surface area contributed by atoms with E-state index < -0.39 is 5.97 Å². The maximum Gasteiger partial charge on any atom is 0.354 e. The number of hydrogen-bond acceptors (Lipinski definition) is 4. The van der Waals surface area contributed by atoms with Gasteiger partial charge in [0, 0.05) is 44.2 Å². The second kappa shape index (κ2) is 7.34. The molecule has 132 valence electrons. The van der Waals surface area contributed by atoms with E-state index in [4.69, 9.17) is 0 Å². The summed E-state index contributed by atoms with van der Waals surface area (Å²) in [7, 11) is 0. The molecule has 2 atom stereocenters. The summed E-state index contributed by atoms with van der Waals surface area (Å²) in [5.74, 6) is -0.166. The van der Waals surface area contributed by atoms with Crippen LogP contribution in [0.2, 0.25) is 0 Å². The Kier molecular flexibility index (Phi) is 5.18. The third-order valence-electron chi connectivity index (χ3n) is 5.31. The average molecular weight is 334 g/mol. The van der Waals surface area contributed by atoms with Gasteiger partial charge in [-0.05, 0) is 25.2 Å². The van der Waals surface area contributed by atoms with Crippen LogP contribution in [0.4, 0.5) is 0 Å². The number of unbranched alkanes of at least 4 members (excludes halogenated alkanes) is 1. The Morgan fingerprint density at radius 3 is 3.04 bits per heavy atom. The molecule has 7 heteroatoms. The van der Waals surface area contributed by atoms with Crippen LogP contribution in [0.5, 0.6) is 0 Å². The summed E-state index contributed by atoms with van der Waals surface area (Å²) in [6.07, 6.45) is 6.33. The third-order valence-corrected chi connectivity index (χ3v) is 5.31. The van der Waals surface area contributed by atoms with Crippen molar-refractivity contribution in [2.75, 3.05) is 19.6 Å². The summed E-state index contributed by atoms with van der Waals surface area (Å²) in [6, 6.07) is 0.359. The Bertz CT molecular complexity index is 600. The summed E-state index contributed by atoms with van der Waals surface area (Å²) in [4.78, 5) is 27.8. The van der Waals surface area contributed by atoms with Crippen LogP contribution in [0.25, 0.3) is 0 Å². The van der Waals surface area contributed by atoms with Crippen LogP contribution in [0.15, 0.2) is 6.20 Å². The number of aromatic nitrogens is 2. The summed E-state index contributed by atoms with van der Waals surface area (Å²) in [5.41, 5.74) is 0.913. The molecule has 3 rings (SSSR count). The lowest BCUT2D eigenvalue weighted by atomic mass is 9.83. The number of aromatic carboxylic acids is 1. The van der Waals surface area contributed by atoms with Crippen molar-refractivity contribution in [2.45, 2.75) is 51.6 Å². The second-order valence-corrected chi connectivity index (χ2v) is 6.91. The zero-order chi connectivity index (χ0) is 17.1. The van der Waals surface area contributed by atoms with Gasteiger partial charge in [-0.1, -0.05) is 13.3 Å². The molecule has 1 amide bonds. The van der Waals surface area contributed by atoms with Crippen LogP contribution < -0.4 is 0 Å². The molecule has 2 aliphatic heterocycles. The van der Waals surface area contributed by atoms with Crippen molar-refractivity contribution in [3.05, 3.63) is 17.5 Å². The topological polar surface area (TPSA) is 89.5 Å². The largest absolute Gasteiger partial charge is 0.477 e. The highest BCUT2D eigenvalue weighted by atomic mass is 16.4. The Hall–Kier alpha value is -1.89. The number of carboxylic acids is 1. The highest BCUT2D eigenvalue weighted by Gasteiger charge is 2.39. The first-order valence-electron chi connectivity index (χ1n) is 8.87. The predicted octanol–water partition coefficient (Wildman–Crippen LogP) is 1.72. The van der Waals surface area contributed by atoms with E-state index in [0.717, 1.165) is 50.9 Å². The number of carboxylic acid groups (broad SMARTS) is 1. The Morgan fingerprint density at radius 1 is 1.46 bits per heavy atom. The number of carbonyl (C=O) groups excluding carboxylic acids is 1. The molecule has 0 bridgehead atoms. The smallest absolute Gasteiger partial charge is 0.354 e. The molecule has 0 radical (unpaired) electrons. The number of amides is 1. The minimum atomic E-state index is -0.966. The van der Waals surface area contributed by atoms with E-state index in [9.17, 15) is 14.7 Å². The van der Waals surface area contributed by atoms with Gasteiger partial charge in [-0.3, -0.25) is 14.8 Å². The molecule has 2 fully saturated rings. The van der Waals surface area contributed by atoms with E-state index in [0.29, 0.717) is 30.8 Å². The number of nitrogens with zero attached hydrogens (tertiary/aromatic N) is 3. The standard InChI is InChI=1S/C17H26N4O3/c1-2-3-7-21-14-6-8-20(10-12(14)4-5-15(21)22)11-13-9-18-19-16(13)17(23)24/h9,12,14H,2-8,10-11H2,1H3,(H,18,19)(H,23,24)/t12-,14+/m0/s1. The summed E-state index contributed by atoms with van der Waals surface area (Å²) in [6.45, 7) is 5.44. The Balaban J connectivity index is 1.63. The van der Waals surface area contributed by atoms with Crippen molar-refractivity contribution < 1.29 is 14.7 Å². The van der Waals surface area contributed by atoms with Crippen LogP contribution in [0.3, 0.4) is 0 Å². The lowest BCUT2D eigenvalue weighted by Gasteiger charge is -2.47. The first kappa shape index (κ1) is 17.0. The fourth-order valence-electron chi connectivity index (χ4n) is 4.05. The number of rotatable bonds is 6. The van der Waals surface area contributed by atoms with Crippen molar-refractivity contribution in [1.82, 2.24) is 20.0 Å². The van der Waals surface area contributed by atoms with Gasteiger partial charge in [-0.25, -0.2) is 4.79 Å². The fourth-order valence-corrected chi connectivity index (χ4v) is 4.05. The van der Waals surface area contributed by atoms with Gasteiger partial charge in [0.25, 0.3) is 0 Å². The first-order valence-corrected chi connectivity index (χ1v) is 8.87. The molecule has 0 aromatic carbocycles. The molecule has 1 aromatic rings. The number of likely N-dealkylation sites (tertiary alicyclic amines) is 2. The van der Waals surface area contributed by atoms with E-state index in [1.54, 1.807) is 6.20 Å². The van der Waals surface area contributed by atoms with Crippen LogP contribution in [-0.4, -0.2) is 62.7 Å². The zero-order valence-electron chi connectivity index (χ0n) is 14.2. The third kappa shape index (κ3) is 3.45. The predicted molar refractivity (Wildman–Crippen MR) is 88.6 cm³/mol. The van der Waals surface area contributed by atoms with Crippen molar-refractivity contribution in [2.24, 2.45) is 5.92 Å². The molecular weight excluding hydrogens is 308 g/mol. The second-order valence-electron chi connectivity index (χ2n) is 6.91. The minimum absolute atomic E-state index is 0.181.